The van der Waals surface area contributed by atoms with Crippen molar-refractivity contribution in [2.45, 2.75) is 26.3 Å². The van der Waals surface area contributed by atoms with E-state index in [1.54, 1.807) is 0 Å². The van der Waals surface area contributed by atoms with Crippen molar-refractivity contribution in [3.05, 3.63) is 24.3 Å². The second-order valence-electron chi connectivity index (χ2n) is 3.10. The molecule has 0 saturated heterocycles. The number of aromatic nitrogens is 3. The maximum Gasteiger partial charge on any atom is 0.145 e. The van der Waals surface area contributed by atoms with Crippen molar-refractivity contribution in [2.24, 2.45) is 0 Å². The number of aromatic amines is 1. The largest absolute Gasteiger partial charge is 0.304 e. The molecule has 0 spiro atoms. The molecule has 0 amide bonds. The molecule has 0 bridgehead atoms. The highest BCUT2D eigenvalue weighted by molar-refractivity contribution is 5.10. The molecule has 4 nitrogen and oxygen atoms in total. The molecule has 0 radical (unpaired) electrons. The number of rotatable bonds is 5. The zero-order chi connectivity index (χ0) is 9.68. The molecule has 0 saturated carbocycles. The summed E-state index contributed by atoms with van der Waals surface area (Å²) in [5.41, 5.74) is 1.05. The lowest BCUT2D eigenvalue weighted by molar-refractivity contribution is 0.566. The molecule has 0 aliphatic rings. The zero-order valence-electron chi connectivity index (χ0n) is 8.17. The van der Waals surface area contributed by atoms with Gasteiger partial charge < -0.3 is 5.32 Å². The van der Waals surface area contributed by atoms with Gasteiger partial charge in [-0.3, -0.25) is 5.10 Å². The molecule has 13 heavy (non-hydrogen) atoms. The Bertz CT molecular complexity index is 253. The molecule has 2 N–H and O–H groups in total. The molecule has 1 aromatic rings. The molecule has 1 unspecified atom stereocenters. The Hall–Kier alpha value is -1.16. The number of hydrogen-bond acceptors (Lipinski definition) is 3. The highest BCUT2D eigenvalue weighted by Gasteiger charge is 2.13. The standard InChI is InChI=1S/C9H16N4/c1-4-5-10-8(7(2)3)9-11-6-12-13-9/h6,8,10H,2,4-5H2,1,3H3,(H,11,12,13). The normalized spacial score (nSPS) is 12.8. The average molecular weight is 180 g/mol. The van der Waals surface area contributed by atoms with E-state index in [9.17, 15) is 0 Å². The summed E-state index contributed by atoms with van der Waals surface area (Å²) in [5, 5.41) is 10.00. The maximum absolute atomic E-state index is 4.10. The Kier molecular flexibility index (Phi) is 3.64. The van der Waals surface area contributed by atoms with Crippen LogP contribution in [-0.2, 0) is 0 Å². The third-order valence-electron chi connectivity index (χ3n) is 1.80. The van der Waals surface area contributed by atoms with Crippen molar-refractivity contribution in [2.75, 3.05) is 6.54 Å². The molecule has 0 aliphatic carbocycles. The summed E-state index contributed by atoms with van der Waals surface area (Å²) < 4.78 is 0. The smallest absolute Gasteiger partial charge is 0.145 e. The van der Waals surface area contributed by atoms with Crippen molar-refractivity contribution in [1.82, 2.24) is 20.5 Å². The molecule has 1 rings (SSSR count). The van der Waals surface area contributed by atoms with E-state index < -0.39 is 0 Å². The van der Waals surface area contributed by atoms with E-state index in [4.69, 9.17) is 0 Å². The van der Waals surface area contributed by atoms with Gasteiger partial charge in [0.15, 0.2) is 0 Å². The first kappa shape index (κ1) is 9.92. The Morgan fingerprint density at radius 3 is 3.00 bits per heavy atom. The summed E-state index contributed by atoms with van der Waals surface area (Å²) >= 11 is 0. The van der Waals surface area contributed by atoms with Crippen LogP contribution < -0.4 is 5.32 Å². The first-order valence-electron chi connectivity index (χ1n) is 4.49. The maximum atomic E-state index is 4.10. The summed E-state index contributed by atoms with van der Waals surface area (Å²) in [6.45, 7) is 8.98. The molecular weight excluding hydrogens is 164 g/mol. The first-order valence-corrected chi connectivity index (χ1v) is 4.49. The minimum Gasteiger partial charge on any atom is -0.304 e. The Balaban J connectivity index is 2.63. The van der Waals surface area contributed by atoms with Crippen LogP contribution in [0.1, 0.15) is 32.1 Å². The Morgan fingerprint density at radius 1 is 1.77 bits per heavy atom. The Labute approximate surface area is 78.5 Å². The lowest BCUT2D eigenvalue weighted by Crippen LogP contribution is -2.23. The number of nitrogens with one attached hydrogen (secondary N) is 2. The van der Waals surface area contributed by atoms with Gasteiger partial charge in [0.05, 0.1) is 6.04 Å². The second kappa shape index (κ2) is 4.77. The van der Waals surface area contributed by atoms with E-state index in [2.05, 4.69) is 34.0 Å². The molecular formula is C9H16N4. The highest BCUT2D eigenvalue weighted by atomic mass is 15.2. The molecule has 4 heteroatoms. The van der Waals surface area contributed by atoms with Crippen LogP contribution in [0.2, 0.25) is 0 Å². The lowest BCUT2D eigenvalue weighted by Gasteiger charge is -2.15. The minimum atomic E-state index is 0.0995. The monoisotopic (exact) mass is 180 g/mol. The van der Waals surface area contributed by atoms with Gasteiger partial charge in [0, 0.05) is 0 Å². The van der Waals surface area contributed by atoms with E-state index >= 15 is 0 Å². The van der Waals surface area contributed by atoms with E-state index in [0.29, 0.717) is 0 Å². The molecule has 0 aliphatic heterocycles. The van der Waals surface area contributed by atoms with Crippen LogP contribution in [0.25, 0.3) is 0 Å². The second-order valence-corrected chi connectivity index (χ2v) is 3.10. The molecule has 0 fully saturated rings. The lowest BCUT2D eigenvalue weighted by atomic mass is 10.1. The fourth-order valence-corrected chi connectivity index (χ4v) is 1.15. The van der Waals surface area contributed by atoms with Crippen LogP contribution in [0.3, 0.4) is 0 Å². The van der Waals surface area contributed by atoms with Gasteiger partial charge in [0.25, 0.3) is 0 Å². The number of H-pyrrole nitrogens is 1. The summed E-state index contributed by atoms with van der Waals surface area (Å²) in [5.74, 6) is 0.834. The molecule has 72 valence electrons. The summed E-state index contributed by atoms with van der Waals surface area (Å²) in [6, 6.07) is 0.0995. The topological polar surface area (TPSA) is 53.6 Å². The summed E-state index contributed by atoms with van der Waals surface area (Å²) in [4.78, 5) is 4.10. The van der Waals surface area contributed by atoms with Crippen LogP contribution in [-0.4, -0.2) is 21.7 Å². The van der Waals surface area contributed by atoms with E-state index in [0.717, 1.165) is 24.4 Å². The van der Waals surface area contributed by atoms with Gasteiger partial charge in [-0.25, -0.2) is 4.98 Å². The molecule has 1 heterocycles. The van der Waals surface area contributed by atoms with Crippen molar-refractivity contribution >= 4 is 0 Å². The van der Waals surface area contributed by atoms with Gasteiger partial charge in [-0.1, -0.05) is 19.1 Å². The molecule has 0 aromatic carbocycles. The predicted molar refractivity (Wildman–Crippen MR) is 52.2 cm³/mol. The average Bonchev–Trinajstić information content (AvgIpc) is 2.57. The van der Waals surface area contributed by atoms with Crippen LogP contribution in [0, 0.1) is 0 Å². The van der Waals surface area contributed by atoms with Crippen molar-refractivity contribution in [3.8, 4) is 0 Å². The van der Waals surface area contributed by atoms with E-state index in [1.807, 2.05) is 6.92 Å². The van der Waals surface area contributed by atoms with E-state index in [-0.39, 0.29) is 6.04 Å². The van der Waals surface area contributed by atoms with Crippen LogP contribution in [0.15, 0.2) is 18.5 Å². The minimum absolute atomic E-state index is 0.0995. The first-order chi connectivity index (χ1) is 6.25. The quantitative estimate of drug-likeness (QED) is 0.674. The summed E-state index contributed by atoms with van der Waals surface area (Å²) in [6.07, 6.45) is 2.61. The fraction of sp³-hybridized carbons (Fsp3) is 0.556. The van der Waals surface area contributed by atoms with Crippen molar-refractivity contribution < 1.29 is 0 Å². The van der Waals surface area contributed by atoms with Crippen LogP contribution >= 0.6 is 0 Å². The molecule has 1 atom stereocenters. The number of nitrogens with zero attached hydrogens (tertiary/aromatic N) is 2. The van der Waals surface area contributed by atoms with Gasteiger partial charge in [0.2, 0.25) is 0 Å². The van der Waals surface area contributed by atoms with E-state index in [1.165, 1.54) is 6.33 Å². The molecule has 1 aromatic heterocycles. The van der Waals surface area contributed by atoms with Crippen molar-refractivity contribution in [1.29, 1.82) is 0 Å². The summed E-state index contributed by atoms with van der Waals surface area (Å²) in [7, 11) is 0. The van der Waals surface area contributed by atoms with Gasteiger partial charge in [-0.05, 0) is 19.9 Å². The van der Waals surface area contributed by atoms with Gasteiger partial charge in [-0.2, -0.15) is 5.10 Å². The predicted octanol–water partition coefficient (Wildman–Crippen LogP) is 1.42. The number of hydrogen-bond donors (Lipinski definition) is 2. The van der Waals surface area contributed by atoms with Gasteiger partial charge in [-0.15, -0.1) is 0 Å². The third-order valence-corrected chi connectivity index (χ3v) is 1.80. The van der Waals surface area contributed by atoms with Crippen LogP contribution in [0.4, 0.5) is 0 Å². The Morgan fingerprint density at radius 2 is 2.54 bits per heavy atom. The third kappa shape index (κ3) is 2.66. The van der Waals surface area contributed by atoms with Crippen LogP contribution in [0.5, 0.6) is 0 Å². The fourth-order valence-electron chi connectivity index (χ4n) is 1.15. The van der Waals surface area contributed by atoms with Gasteiger partial charge >= 0.3 is 0 Å². The highest BCUT2D eigenvalue weighted by Crippen LogP contribution is 2.14. The SMILES string of the molecule is C=C(C)C(NCCC)c1ncn[nH]1. The van der Waals surface area contributed by atoms with Crippen molar-refractivity contribution in [3.63, 3.8) is 0 Å². The zero-order valence-corrected chi connectivity index (χ0v) is 8.17. The van der Waals surface area contributed by atoms with Gasteiger partial charge in [0.1, 0.15) is 12.2 Å².